The molecule has 2 aromatic rings. The van der Waals surface area contributed by atoms with E-state index in [-0.39, 0.29) is 5.82 Å². The van der Waals surface area contributed by atoms with Crippen molar-refractivity contribution in [2.45, 2.75) is 12.8 Å². The van der Waals surface area contributed by atoms with E-state index in [0.29, 0.717) is 17.9 Å². The van der Waals surface area contributed by atoms with E-state index in [1.165, 1.54) is 11.0 Å². The number of rotatable bonds is 1. The van der Waals surface area contributed by atoms with Crippen LogP contribution in [0.1, 0.15) is 12.0 Å². The standard InChI is InChI=1S/C14H13FN4O/c15-12-5-11(6-17-8-12)10-4-9-2-1-3-19(14(16)20)13(9)18-7-10/h4-8H,1-3H2,(H2,16,20). The van der Waals surface area contributed by atoms with Crippen LogP contribution in [0.3, 0.4) is 0 Å². The molecule has 5 nitrogen and oxygen atoms in total. The van der Waals surface area contributed by atoms with Gasteiger partial charge in [-0.25, -0.2) is 14.2 Å². The largest absolute Gasteiger partial charge is 0.351 e. The summed E-state index contributed by atoms with van der Waals surface area (Å²) in [6.07, 6.45) is 6.01. The second kappa shape index (κ2) is 4.88. The SMILES string of the molecule is NC(=O)N1CCCc2cc(-c3cncc(F)c3)cnc21. The number of nitrogens with zero attached hydrogens (tertiary/aromatic N) is 3. The second-order valence-electron chi connectivity index (χ2n) is 4.69. The Balaban J connectivity index is 2.03. The molecule has 0 saturated heterocycles. The molecule has 0 fully saturated rings. The fourth-order valence-corrected chi connectivity index (χ4v) is 2.41. The molecule has 0 radical (unpaired) electrons. The van der Waals surface area contributed by atoms with Crippen molar-refractivity contribution in [3.8, 4) is 11.1 Å². The molecule has 102 valence electrons. The molecule has 20 heavy (non-hydrogen) atoms. The van der Waals surface area contributed by atoms with Gasteiger partial charge in [0.15, 0.2) is 0 Å². The molecule has 2 N–H and O–H groups in total. The van der Waals surface area contributed by atoms with Crippen LogP contribution in [-0.4, -0.2) is 22.5 Å². The summed E-state index contributed by atoms with van der Waals surface area (Å²) in [5.74, 6) is 0.204. The van der Waals surface area contributed by atoms with Crippen LogP contribution < -0.4 is 10.6 Å². The average molecular weight is 272 g/mol. The Bertz CT molecular complexity index is 674. The van der Waals surface area contributed by atoms with Gasteiger partial charge >= 0.3 is 6.03 Å². The van der Waals surface area contributed by atoms with Crippen molar-refractivity contribution in [3.63, 3.8) is 0 Å². The predicted molar refractivity (Wildman–Crippen MR) is 72.7 cm³/mol. The quantitative estimate of drug-likeness (QED) is 0.864. The van der Waals surface area contributed by atoms with E-state index in [9.17, 15) is 9.18 Å². The Hall–Kier alpha value is -2.50. The normalized spacial score (nSPS) is 13.9. The Morgan fingerprint density at radius 1 is 1.25 bits per heavy atom. The number of aromatic nitrogens is 2. The van der Waals surface area contributed by atoms with Gasteiger partial charge in [0.2, 0.25) is 0 Å². The lowest BCUT2D eigenvalue weighted by Crippen LogP contribution is -2.40. The number of anilines is 1. The molecule has 0 saturated carbocycles. The number of nitrogens with two attached hydrogens (primary N) is 1. The number of carbonyl (C=O) groups excluding carboxylic acids is 1. The van der Waals surface area contributed by atoms with Crippen molar-refractivity contribution < 1.29 is 9.18 Å². The first-order chi connectivity index (χ1) is 9.65. The van der Waals surface area contributed by atoms with Crippen molar-refractivity contribution in [1.82, 2.24) is 9.97 Å². The summed E-state index contributed by atoms with van der Waals surface area (Å²) in [4.78, 5) is 21.0. The second-order valence-corrected chi connectivity index (χ2v) is 4.69. The zero-order chi connectivity index (χ0) is 14.1. The number of urea groups is 1. The zero-order valence-electron chi connectivity index (χ0n) is 10.7. The Morgan fingerprint density at radius 3 is 2.80 bits per heavy atom. The van der Waals surface area contributed by atoms with Gasteiger partial charge in [0, 0.05) is 30.1 Å². The van der Waals surface area contributed by atoms with E-state index in [2.05, 4.69) is 9.97 Å². The molecule has 2 aromatic heterocycles. The van der Waals surface area contributed by atoms with Gasteiger partial charge in [-0.3, -0.25) is 9.88 Å². The molecule has 0 spiro atoms. The van der Waals surface area contributed by atoms with Gasteiger partial charge in [0.25, 0.3) is 0 Å². The summed E-state index contributed by atoms with van der Waals surface area (Å²) in [6, 6.07) is 2.82. The van der Waals surface area contributed by atoms with E-state index in [0.717, 1.165) is 30.2 Å². The maximum atomic E-state index is 13.2. The first-order valence-electron chi connectivity index (χ1n) is 6.32. The summed E-state index contributed by atoms with van der Waals surface area (Å²) in [6.45, 7) is 0.580. The molecule has 3 rings (SSSR count). The Labute approximate surface area is 115 Å². The minimum Gasteiger partial charge on any atom is -0.351 e. The highest BCUT2D eigenvalue weighted by Crippen LogP contribution is 2.29. The van der Waals surface area contributed by atoms with Crippen molar-refractivity contribution in [2.24, 2.45) is 5.73 Å². The summed E-state index contributed by atoms with van der Waals surface area (Å²) < 4.78 is 13.2. The number of primary amides is 1. The van der Waals surface area contributed by atoms with Gasteiger partial charge in [-0.15, -0.1) is 0 Å². The lowest BCUT2D eigenvalue weighted by atomic mass is 10.0. The third-order valence-electron chi connectivity index (χ3n) is 3.33. The zero-order valence-corrected chi connectivity index (χ0v) is 10.7. The number of carbonyl (C=O) groups is 1. The Kier molecular flexibility index (Phi) is 3.06. The molecule has 0 unspecified atom stereocenters. The molecule has 6 heteroatoms. The predicted octanol–water partition coefficient (Wildman–Crippen LogP) is 2.11. The van der Waals surface area contributed by atoms with Crippen LogP contribution in [0.5, 0.6) is 0 Å². The van der Waals surface area contributed by atoms with Gasteiger partial charge in [-0.1, -0.05) is 0 Å². The van der Waals surface area contributed by atoms with E-state index in [1.54, 1.807) is 12.4 Å². The first-order valence-corrected chi connectivity index (χ1v) is 6.32. The maximum Gasteiger partial charge on any atom is 0.320 e. The molecule has 1 aliphatic heterocycles. The molecule has 0 aromatic carbocycles. The lowest BCUT2D eigenvalue weighted by Gasteiger charge is -2.26. The average Bonchev–Trinajstić information content (AvgIpc) is 2.46. The summed E-state index contributed by atoms with van der Waals surface area (Å²) in [7, 11) is 0. The molecule has 3 heterocycles. The smallest absolute Gasteiger partial charge is 0.320 e. The molecule has 1 aliphatic rings. The van der Waals surface area contributed by atoms with E-state index in [4.69, 9.17) is 5.73 Å². The van der Waals surface area contributed by atoms with Gasteiger partial charge in [-0.05, 0) is 30.5 Å². The third kappa shape index (κ3) is 2.20. The topological polar surface area (TPSA) is 72.1 Å². The molecule has 0 bridgehead atoms. The van der Waals surface area contributed by atoms with E-state index in [1.807, 2.05) is 6.07 Å². The van der Waals surface area contributed by atoms with Crippen LogP contribution in [0.15, 0.2) is 30.7 Å². The number of halogens is 1. The number of pyridine rings is 2. The minimum absolute atomic E-state index is 0.390. The number of aryl methyl sites for hydroxylation is 1. The highest BCUT2D eigenvalue weighted by molar-refractivity contribution is 5.91. The molecule has 2 amide bonds. The van der Waals surface area contributed by atoms with Crippen molar-refractivity contribution in [2.75, 3.05) is 11.4 Å². The summed E-state index contributed by atoms with van der Waals surface area (Å²) in [5, 5.41) is 0. The lowest BCUT2D eigenvalue weighted by molar-refractivity contribution is 0.253. The first kappa shape index (κ1) is 12.5. The van der Waals surface area contributed by atoms with E-state index >= 15 is 0 Å². The fraction of sp³-hybridized carbons (Fsp3) is 0.214. The molecular weight excluding hydrogens is 259 g/mol. The van der Waals surface area contributed by atoms with E-state index < -0.39 is 6.03 Å². The van der Waals surface area contributed by atoms with Crippen LogP contribution in [0.4, 0.5) is 15.0 Å². The highest BCUT2D eigenvalue weighted by atomic mass is 19.1. The molecular formula is C14H13FN4O. The van der Waals surface area contributed by atoms with Crippen LogP contribution >= 0.6 is 0 Å². The van der Waals surface area contributed by atoms with Gasteiger partial charge in [0.1, 0.15) is 11.6 Å². The van der Waals surface area contributed by atoms with Crippen molar-refractivity contribution >= 4 is 11.8 Å². The highest BCUT2D eigenvalue weighted by Gasteiger charge is 2.22. The van der Waals surface area contributed by atoms with Crippen molar-refractivity contribution in [3.05, 3.63) is 42.1 Å². The van der Waals surface area contributed by atoms with Crippen molar-refractivity contribution in [1.29, 1.82) is 0 Å². The van der Waals surface area contributed by atoms with Crippen LogP contribution in [0, 0.1) is 5.82 Å². The van der Waals surface area contributed by atoms with Gasteiger partial charge < -0.3 is 5.73 Å². The molecule has 0 atom stereocenters. The van der Waals surface area contributed by atoms with Crippen LogP contribution in [0.2, 0.25) is 0 Å². The number of fused-ring (bicyclic) bond motifs is 1. The minimum atomic E-state index is -0.501. The van der Waals surface area contributed by atoms with Crippen LogP contribution in [0.25, 0.3) is 11.1 Å². The third-order valence-corrected chi connectivity index (χ3v) is 3.33. The monoisotopic (exact) mass is 272 g/mol. The summed E-state index contributed by atoms with van der Waals surface area (Å²) >= 11 is 0. The van der Waals surface area contributed by atoms with Gasteiger partial charge in [-0.2, -0.15) is 0 Å². The molecule has 0 aliphatic carbocycles. The fourth-order valence-electron chi connectivity index (χ4n) is 2.41. The Morgan fingerprint density at radius 2 is 2.05 bits per heavy atom. The van der Waals surface area contributed by atoms with Crippen LogP contribution in [-0.2, 0) is 6.42 Å². The maximum absolute atomic E-state index is 13.2. The number of hydrogen-bond donors (Lipinski definition) is 1. The number of amides is 2. The summed E-state index contributed by atoms with van der Waals surface area (Å²) in [5.41, 5.74) is 7.72. The number of hydrogen-bond acceptors (Lipinski definition) is 3. The van der Waals surface area contributed by atoms with Gasteiger partial charge in [0.05, 0.1) is 6.20 Å².